The van der Waals surface area contributed by atoms with Crippen molar-refractivity contribution in [3.8, 4) is 0 Å². The second kappa shape index (κ2) is 5.68. The van der Waals surface area contributed by atoms with Crippen molar-refractivity contribution in [1.82, 2.24) is 5.32 Å². The number of amides is 1. The number of nitrogens with one attached hydrogen (secondary N) is 1. The Morgan fingerprint density at radius 2 is 1.95 bits per heavy atom. The molecule has 3 unspecified atom stereocenters. The predicted molar refractivity (Wildman–Crippen MR) is 80.5 cm³/mol. The molecule has 0 bridgehead atoms. The SMILES string of the molecule is NC(=O)C1CC(C(=O)C2CCCCC2)SC12CCNC2. The number of hydrogen-bond donors (Lipinski definition) is 2. The largest absolute Gasteiger partial charge is 0.369 e. The van der Waals surface area contributed by atoms with E-state index in [4.69, 9.17) is 5.73 Å². The highest BCUT2D eigenvalue weighted by Gasteiger charge is 2.54. The highest BCUT2D eigenvalue weighted by Crippen LogP contribution is 2.52. The Kier molecular flexibility index (Phi) is 4.09. The number of hydrogen-bond acceptors (Lipinski definition) is 4. The lowest BCUT2D eigenvalue weighted by atomic mass is 9.81. The van der Waals surface area contributed by atoms with Crippen LogP contribution in [0.25, 0.3) is 0 Å². The lowest BCUT2D eigenvalue weighted by Crippen LogP contribution is -2.40. The summed E-state index contributed by atoms with van der Waals surface area (Å²) in [6.07, 6.45) is 7.33. The van der Waals surface area contributed by atoms with Crippen LogP contribution < -0.4 is 11.1 Å². The number of carbonyl (C=O) groups is 2. The van der Waals surface area contributed by atoms with Crippen molar-refractivity contribution >= 4 is 23.5 Å². The fourth-order valence-corrected chi connectivity index (χ4v) is 6.07. The summed E-state index contributed by atoms with van der Waals surface area (Å²) in [7, 11) is 0. The van der Waals surface area contributed by atoms with E-state index in [2.05, 4.69) is 5.32 Å². The third kappa shape index (κ3) is 2.50. The molecule has 1 aliphatic carbocycles. The molecule has 2 aliphatic heterocycles. The number of rotatable bonds is 3. The number of primary amides is 1. The summed E-state index contributed by atoms with van der Waals surface area (Å²) in [5.41, 5.74) is 5.60. The zero-order valence-electron chi connectivity index (χ0n) is 11.9. The van der Waals surface area contributed by atoms with Gasteiger partial charge in [0.1, 0.15) is 5.78 Å². The van der Waals surface area contributed by atoms with Crippen LogP contribution in [0.3, 0.4) is 0 Å². The van der Waals surface area contributed by atoms with Crippen LogP contribution >= 0.6 is 11.8 Å². The van der Waals surface area contributed by atoms with E-state index in [9.17, 15) is 9.59 Å². The van der Waals surface area contributed by atoms with Gasteiger partial charge in [0.2, 0.25) is 5.91 Å². The first-order valence-corrected chi connectivity index (χ1v) is 8.72. The molecule has 3 rings (SSSR count). The van der Waals surface area contributed by atoms with E-state index in [1.807, 2.05) is 0 Å². The van der Waals surface area contributed by atoms with E-state index in [1.165, 1.54) is 19.3 Å². The first-order chi connectivity index (χ1) is 9.62. The van der Waals surface area contributed by atoms with Gasteiger partial charge in [0.05, 0.1) is 11.2 Å². The summed E-state index contributed by atoms with van der Waals surface area (Å²) in [6.45, 7) is 1.75. The van der Waals surface area contributed by atoms with Crippen LogP contribution in [0.5, 0.6) is 0 Å². The zero-order valence-corrected chi connectivity index (χ0v) is 12.7. The van der Waals surface area contributed by atoms with E-state index in [0.717, 1.165) is 32.4 Å². The number of nitrogens with two attached hydrogens (primary N) is 1. The molecule has 2 saturated heterocycles. The van der Waals surface area contributed by atoms with Crippen LogP contribution in [0.15, 0.2) is 0 Å². The Hall–Kier alpha value is -0.550. The second-order valence-electron chi connectivity index (χ2n) is 6.53. The molecule has 3 atom stereocenters. The third-order valence-corrected chi connectivity index (χ3v) is 7.09. The minimum Gasteiger partial charge on any atom is -0.369 e. The van der Waals surface area contributed by atoms with Crippen LogP contribution in [0.4, 0.5) is 0 Å². The third-order valence-electron chi connectivity index (χ3n) is 5.28. The highest BCUT2D eigenvalue weighted by molar-refractivity contribution is 8.02. The van der Waals surface area contributed by atoms with Crippen molar-refractivity contribution in [2.24, 2.45) is 17.6 Å². The molecule has 1 amide bonds. The summed E-state index contributed by atoms with van der Waals surface area (Å²) in [4.78, 5) is 24.5. The quantitative estimate of drug-likeness (QED) is 0.827. The predicted octanol–water partition coefficient (Wildman–Crippen LogP) is 1.47. The summed E-state index contributed by atoms with van der Waals surface area (Å²) < 4.78 is -0.110. The van der Waals surface area contributed by atoms with Gasteiger partial charge < -0.3 is 11.1 Å². The van der Waals surface area contributed by atoms with Gasteiger partial charge in [-0.25, -0.2) is 0 Å². The molecule has 4 nitrogen and oxygen atoms in total. The van der Waals surface area contributed by atoms with Gasteiger partial charge in [-0.1, -0.05) is 19.3 Å². The number of Topliss-reactive ketones (excluding diaryl/α,β-unsaturated/α-hetero) is 1. The minimum atomic E-state index is -0.222. The Bertz CT molecular complexity index is 401. The molecule has 20 heavy (non-hydrogen) atoms. The maximum Gasteiger partial charge on any atom is 0.222 e. The van der Waals surface area contributed by atoms with Gasteiger partial charge in [0.15, 0.2) is 0 Å². The first-order valence-electron chi connectivity index (χ1n) is 7.84. The lowest BCUT2D eigenvalue weighted by molar-refractivity contribution is -0.124. The lowest BCUT2D eigenvalue weighted by Gasteiger charge is -2.27. The summed E-state index contributed by atoms with van der Waals surface area (Å²) in [6, 6.07) is 0. The van der Waals surface area contributed by atoms with Gasteiger partial charge in [0.25, 0.3) is 0 Å². The van der Waals surface area contributed by atoms with Gasteiger partial charge in [-0.2, -0.15) is 0 Å². The normalized spacial score (nSPS) is 38.4. The molecule has 3 N–H and O–H groups in total. The maximum atomic E-state index is 12.7. The van der Waals surface area contributed by atoms with Crippen LogP contribution in [0.2, 0.25) is 0 Å². The number of carbonyl (C=O) groups excluding carboxylic acids is 2. The molecular formula is C15H24N2O2S. The topological polar surface area (TPSA) is 72.2 Å². The van der Waals surface area contributed by atoms with Crippen molar-refractivity contribution < 1.29 is 9.59 Å². The minimum absolute atomic E-state index is 0.00417. The van der Waals surface area contributed by atoms with Gasteiger partial charge in [-0.3, -0.25) is 9.59 Å². The van der Waals surface area contributed by atoms with Crippen molar-refractivity contribution in [2.75, 3.05) is 13.1 Å². The molecule has 112 valence electrons. The Morgan fingerprint density at radius 1 is 1.20 bits per heavy atom. The van der Waals surface area contributed by atoms with Gasteiger partial charge in [-0.15, -0.1) is 11.8 Å². The Morgan fingerprint density at radius 3 is 2.55 bits per heavy atom. The van der Waals surface area contributed by atoms with Crippen LogP contribution in [0, 0.1) is 11.8 Å². The summed E-state index contributed by atoms with van der Waals surface area (Å²) >= 11 is 1.75. The zero-order chi connectivity index (χ0) is 14.2. The number of ketones is 1. The van der Waals surface area contributed by atoms with Crippen molar-refractivity contribution in [1.29, 1.82) is 0 Å². The maximum absolute atomic E-state index is 12.7. The van der Waals surface area contributed by atoms with Crippen LogP contribution in [-0.2, 0) is 9.59 Å². The average Bonchev–Trinajstić information content (AvgIpc) is 3.07. The highest BCUT2D eigenvalue weighted by atomic mass is 32.2. The summed E-state index contributed by atoms with van der Waals surface area (Å²) in [5.74, 6) is 0.268. The molecule has 0 aromatic rings. The fraction of sp³-hybridized carbons (Fsp3) is 0.867. The average molecular weight is 296 g/mol. The van der Waals surface area contributed by atoms with E-state index >= 15 is 0 Å². The molecule has 1 spiro atoms. The van der Waals surface area contributed by atoms with Crippen LogP contribution in [0.1, 0.15) is 44.9 Å². The smallest absolute Gasteiger partial charge is 0.222 e. The van der Waals surface area contributed by atoms with Crippen molar-refractivity contribution in [3.05, 3.63) is 0 Å². The van der Waals surface area contributed by atoms with E-state index in [1.54, 1.807) is 11.8 Å². The molecule has 1 saturated carbocycles. The van der Waals surface area contributed by atoms with E-state index in [-0.39, 0.29) is 27.7 Å². The molecule has 3 aliphatic rings. The van der Waals surface area contributed by atoms with Gasteiger partial charge in [-0.05, 0) is 32.2 Å². The first kappa shape index (κ1) is 14.4. The standard InChI is InChI=1S/C15H24N2O2S/c16-14(19)11-8-12(20-15(11)6-7-17-9-15)13(18)10-4-2-1-3-5-10/h10-12,17H,1-9H2,(H2,16,19). The van der Waals surface area contributed by atoms with Crippen molar-refractivity contribution in [3.63, 3.8) is 0 Å². The second-order valence-corrected chi connectivity index (χ2v) is 8.14. The molecule has 2 heterocycles. The summed E-state index contributed by atoms with van der Waals surface area (Å²) in [5, 5.41) is 3.33. The van der Waals surface area contributed by atoms with Crippen LogP contribution in [-0.4, -0.2) is 34.8 Å². The molecule has 0 aromatic heterocycles. The van der Waals surface area contributed by atoms with Gasteiger partial charge >= 0.3 is 0 Å². The van der Waals surface area contributed by atoms with Crippen molar-refractivity contribution in [2.45, 2.75) is 54.9 Å². The molecule has 5 heteroatoms. The molecule has 3 fully saturated rings. The Labute approximate surface area is 124 Å². The molecule has 0 radical (unpaired) electrons. The Balaban J connectivity index is 1.72. The molecular weight excluding hydrogens is 272 g/mol. The number of thioether (sulfide) groups is 1. The monoisotopic (exact) mass is 296 g/mol. The van der Waals surface area contributed by atoms with E-state index < -0.39 is 0 Å². The van der Waals surface area contributed by atoms with Gasteiger partial charge in [0, 0.05) is 17.2 Å². The fourth-order valence-electron chi connectivity index (χ4n) is 4.13. The molecule has 0 aromatic carbocycles. The van der Waals surface area contributed by atoms with E-state index in [0.29, 0.717) is 12.2 Å².